The molecule has 1 aromatic rings. The molecule has 2 rings (SSSR count). The van der Waals surface area contributed by atoms with Crippen molar-refractivity contribution >= 4 is 11.8 Å². The van der Waals surface area contributed by atoms with E-state index in [0.29, 0.717) is 18.7 Å². The van der Waals surface area contributed by atoms with E-state index < -0.39 is 0 Å². The summed E-state index contributed by atoms with van der Waals surface area (Å²) in [6.45, 7) is 3.85. The average molecular weight is 275 g/mol. The molecule has 20 heavy (non-hydrogen) atoms. The Hall–Kier alpha value is -1.88. The molecule has 1 heterocycles. The van der Waals surface area contributed by atoms with Crippen molar-refractivity contribution in [3.8, 4) is 0 Å². The molecule has 5 heteroatoms. The molecule has 2 amide bonds. The maximum Gasteiger partial charge on any atom is 0.251 e. The molecule has 1 fully saturated rings. The standard InChI is InChI=1S/C15H21N3O2/c1-2-16-14(19)12-6-3-5-11(9-12)10-18-15(20)13-7-4-8-17-13/h3,5-6,9,13,17H,2,4,7-8,10H2,1H3,(H,16,19)(H,18,20). The van der Waals surface area contributed by atoms with Crippen molar-refractivity contribution in [3.63, 3.8) is 0 Å². The summed E-state index contributed by atoms with van der Waals surface area (Å²) < 4.78 is 0. The molecule has 0 aromatic heterocycles. The Morgan fingerprint density at radius 2 is 2.20 bits per heavy atom. The number of carbonyl (C=O) groups is 2. The van der Waals surface area contributed by atoms with E-state index >= 15 is 0 Å². The largest absolute Gasteiger partial charge is 0.352 e. The normalized spacial score (nSPS) is 17.8. The molecule has 108 valence electrons. The molecule has 0 aliphatic carbocycles. The van der Waals surface area contributed by atoms with Gasteiger partial charge in [-0.2, -0.15) is 0 Å². The fourth-order valence-electron chi connectivity index (χ4n) is 2.31. The van der Waals surface area contributed by atoms with E-state index in [4.69, 9.17) is 0 Å². The number of rotatable bonds is 5. The second-order valence-corrected chi connectivity index (χ2v) is 4.93. The van der Waals surface area contributed by atoms with E-state index in [9.17, 15) is 9.59 Å². The fourth-order valence-corrected chi connectivity index (χ4v) is 2.31. The van der Waals surface area contributed by atoms with Crippen LogP contribution in [0.25, 0.3) is 0 Å². The highest BCUT2D eigenvalue weighted by Gasteiger charge is 2.21. The summed E-state index contributed by atoms with van der Waals surface area (Å²) in [6.07, 6.45) is 1.94. The summed E-state index contributed by atoms with van der Waals surface area (Å²) in [7, 11) is 0. The predicted molar refractivity (Wildman–Crippen MR) is 77.3 cm³/mol. The van der Waals surface area contributed by atoms with Gasteiger partial charge in [0.2, 0.25) is 5.91 Å². The quantitative estimate of drug-likeness (QED) is 0.744. The molecule has 0 radical (unpaired) electrons. The monoisotopic (exact) mass is 275 g/mol. The van der Waals surface area contributed by atoms with Crippen LogP contribution in [0.15, 0.2) is 24.3 Å². The van der Waals surface area contributed by atoms with Gasteiger partial charge in [0.1, 0.15) is 0 Å². The maximum atomic E-state index is 11.9. The van der Waals surface area contributed by atoms with Crippen molar-refractivity contribution in [3.05, 3.63) is 35.4 Å². The van der Waals surface area contributed by atoms with E-state index in [0.717, 1.165) is 24.9 Å². The van der Waals surface area contributed by atoms with E-state index in [1.165, 1.54) is 0 Å². The fraction of sp³-hybridized carbons (Fsp3) is 0.467. The van der Waals surface area contributed by atoms with Gasteiger partial charge in [-0.1, -0.05) is 12.1 Å². The van der Waals surface area contributed by atoms with Gasteiger partial charge >= 0.3 is 0 Å². The Labute approximate surface area is 119 Å². The Morgan fingerprint density at radius 3 is 2.90 bits per heavy atom. The van der Waals surface area contributed by atoms with Crippen LogP contribution in [0.5, 0.6) is 0 Å². The molecule has 5 nitrogen and oxygen atoms in total. The van der Waals surface area contributed by atoms with E-state index in [1.807, 2.05) is 25.1 Å². The molecule has 1 aliphatic rings. The summed E-state index contributed by atoms with van der Waals surface area (Å²) in [5.74, 6) is -0.0518. The SMILES string of the molecule is CCNC(=O)c1cccc(CNC(=O)C2CCCN2)c1. The molecule has 1 unspecified atom stereocenters. The first-order valence-electron chi connectivity index (χ1n) is 7.09. The number of benzene rings is 1. The second-order valence-electron chi connectivity index (χ2n) is 4.93. The van der Waals surface area contributed by atoms with Gasteiger partial charge in [0.25, 0.3) is 5.91 Å². The van der Waals surface area contributed by atoms with E-state index in [2.05, 4.69) is 16.0 Å². The van der Waals surface area contributed by atoms with Crippen LogP contribution in [-0.4, -0.2) is 30.9 Å². The minimum atomic E-state index is -0.0851. The van der Waals surface area contributed by atoms with E-state index in [-0.39, 0.29) is 17.9 Å². The molecule has 1 aliphatic heterocycles. The number of hydrogen-bond donors (Lipinski definition) is 3. The molecule has 0 bridgehead atoms. The van der Waals surface area contributed by atoms with Crippen LogP contribution >= 0.6 is 0 Å². The van der Waals surface area contributed by atoms with Crippen molar-refractivity contribution in [1.82, 2.24) is 16.0 Å². The van der Waals surface area contributed by atoms with Gasteiger partial charge in [-0.25, -0.2) is 0 Å². The van der Waals surface area contributed by atoms with Crippen LogP contribution in [0.3, 0.4) is 0 Å². The zero-order valence-corrected chi connectivity index (χ0v) is 11.7. The molecular weight excluding hydrogens is 254 g/mol. The summed E-state index contributed by atoms with van der Waals surface area (Å²) >= 11 is 0. The lowest BCUT2D eigenvalue weighted by atomic mass is 10.1. The minimum absolute atomic E-state index is 0.0333. The summed E-state index contributed by atoms with van der Waals surface area (Å²) in [4.78, 5) is 23.6. The third kappa shape index (κ3) is 3.81. The van der Waals surface area contributed by atoms with Crippen LogP contribution in [0, 0.1) is 0 Å². The van der Waals surface area contributed by atoms with Gasteiger partial charge in [0.15, 0.2) is 0 Å². The first-order chi connectivity index (χ1) is 9.70. The first-order valence-corrected chi connectivity index (χ1v) is 7.09. The summed E-state index contributed by atoms with van der Waals surface area (Å²) in [5.41, 5.74) is 1.55. The highest BCUT2D eigenvalue weighted by atomic mass is 16.2. The van der Waals surface area contributed by atoms with Gasteiger partial charge in [-0.15, -0.1) is 0 Å². The van der Waals surface area contributed by atoms with Crippen LogP contribution in [0.4, 0.5) is 0 Å². The second kappa shape index (κ2) is 7.05. The lowest BCUT2D eigenvalue weighted by Gasteiger charge is -2.11. The average Bonchev–Trinajstić information content (AvgIpc) is 2.99. The summed E-state index contributed by atoms with van der Waals surface area (Å²) in [5, 5.41) is 8.83. The molecule has 0 spiro atoms. The molecule has 1 aromatic carbocycles. The smallest absolute Gasteiger partial charge is 0.251 e. The highest BCUT2D eigenvalue weighted by Crippen LogP contribution is 2.07. The minimum Gasteiger partial charge on any atom is -0.352 e. The number of carbonyl (C=O) groups excluding carboxylic acids is 2. The molecular formula is C15H21N3O2. The van der Waals surface area contributed by atoms with Crippen molar-refractivity contribution in [2.24, 2.45) is 0 Å². The van der Waals surface area contributed by atoms with Crippen LogP contribution in [-0.2, 0) is 11.3 Å². The topological polar surface area (TPSA) is 70.2 Å². The van der Waals surface area contributed by atoms with Gasteiger partial charge in [-0.3, -0.25) is 9.59 Å². The van der Waals surface area contributed by atoms with Gasteiger partial charge in [0.05, 0.1) is 6.04 Å². The van der Waals surface area contributed by atoms with Crippen molar-refractivity contribution in [2.45, 2.75) is 32.4 Å². The van der Waals surface area contributed by atoms with Crippen molar-refractivity contribution < 1.29 is 9.59 Å². The lowest BCUT2D eigenvalue weighted by Crippen LogP contribution is -2.40. The Balaban J connectivity index is 1.90. The Morgan fingerprint density at radius 1 is 1.35 bits per heavy atom. The van der Waals surface area contributed by atoms with Crippen molar-refractivity contribution in [2.75, 3.05) is 13.1 Å². The van der Waals surface area contributed by atoms with Gasteiger partial charge < -0.3 is 16.0 Å². The van der Waals surface area contributed by atoms with Gasteiger partial charge in [0, 0.05) is 18.7 Å². The van der Waals surface area contributed by atoms with Gasteiger partial charge in [-0.05, 0) is 44.0 Å². The van der Waals surface area contributed by atoms with Crippen LogP contribution < -0.4 is 16.0 Å². The Bertz CT molecular complexity index is 482. The van der Waals surface area contributed by atoms with Crippen LogP contribution in [0.1, 0.15) is 35.7 Å². The molecule has 3 N–H and O–H groups in total. The lowest BCUT2D eigenvalue weighted by molar-refractivity contribution is -0.122. The maximum absolute atomic E-state index is 11.9. The number of nitrogens with one attached hydrogen (secondary N) is 3. The third-order valence-corrected chi connectivity index (χ3v) is 3.37. The third-order valence-electron chi connectivity index (χ3n) is 3.37. The molecule has 1 saturated heterocycles. The number of amides is 2. The van der Waals surface area contributed by atoms with Crippen molar-refractivity contribution in [1.29, 1.82) is 0 Å². The van der Waals surface area contributed by atoms with E-state index in [1.54, 1.807) is 6.07 Å². The Kier molecular flexibility index (Phi) is 5.12. The summed E-state index contributed by atoms with van der Waals surface area (Å²) in [6, 6.07) is 7.26. The first kappa shape index (κ1) is 14.5. The highest BCUT2D eigenvalue weighted by molar-refractivity contribution is 5.94. The molecule has 0 saturated carbocycles. The van der Waals surface area contributed by atoms with Crippen LogP contribution in [0.2, 0.25) is 0 Å². The molecule has 1 atom stereocenters. The zero-order chi connectivity index (χ0) is 14.4. The number of hydrogen-bond acceptors (Lipinski definition) is 3. The predicted octanol–water partition coefficient (Wildman–Crippen LogP) is 0.805. The zero-order valence-electron chi connectivity index (χ0n) is 11.7.